The molecule has 2 saturated heterocycles. The summed E-state index contributed by atoms with van der Waals surface area (Å²) in [6.07, 6.45) is 9.61. The molecule has 0 radical (unpaired) electrons. The molecule has 0 amide bonds. The van der Waals surface area contributed by atoms with Crippen LogP contribution in [0.5, 0.6) is 11.5 Å². The van der Waals surface area contributed by atoms with Gasteiger partial charge in [-0.15, -0.1) is 6.58 Å². The fourth-order valence-electron chi connectivity index (χ4n) is 5.07. The molecule has 6 heteroatoms. The van der Waals surface area contributed by atoms with Crippen molar-refractivity contribution in [2.75, 3.05) is 7.11 Å². The minimum Gasteiger partial charge on any atom is -0.504 e. The van der Waals surface area contributed by atoms with E-state index in [0.29, 0.717) is 37.1 Å². The molecule has 28 heavy (non-hydrogen) atoms. The van der Waals surface area contributed by atoms with Crippen LogP contribution >= 0.6 is 0 Å². The maximum atomic E-state index is 11.3. The Morgan fingerprint density at radius 1 is 1.32 bits per heavy atom. The minimum atomic E-state index is -0.860. The Balaban J connectivity index is 1.57. The molecule has 2 N–H and O–H groups in total. The molecule has 6 nitrogen and oxygen atoms in total. The Labute approximate surface area is 166 Å². The zero-order valence-electron chi connectivity index (χ0n) is 16.6. The molecule has 0 unspecified atom stereocenters. The number of aliphatic hydroxyl groups is 1. The van der Waals surface area contributed by atoms with Gasteiger partial charge in [-0.2, -0.15) is 0 Å². The predicted octanol–water partition coefficient (Wildman–Crippen LogP) is 2.88. The number of ether oxygens (including phenoxy) is 1. The lowest BCUT2D eigenvalue weighted by molar-refractivity contribution is -0.0669. The molecule has 0 spiro atoms. The van der Waals surface area contributed by atoms with Gasteiger partial charge >= 0.3 is 0 Å². The molecule has 2 fully saturated rings. The summed E-state index contributed by atoms with van der Waals surface area (Å²) in [6.45, 7) is 4.57. The number of phenols is 1. The van der Waals surface area contributed by atoms with Crippen molar-refractivity contribution in [2.24, 2.45) is 7.05 Å². The predicted molar refractivity (Wildman–Crippen MR) is 107 cm³/mol. The summed E-state index contributed by atoms with van der Waals surface area (Å²) in [7, 11) is 3.52. The normalized spacial score (nSPS) is 27.1. The summed E-state index contributed by atoms with van der Waals surface area (Å²) >= 11 is 0. The van der Waals surface area contributed by atoms with Gasteiger partial charge in [-0.05, 0) is 43.7 Å². The first kappa shape index (κ1) is 19.0. The highest BCUT2D eigenvalue weighted by Crippen LogP contribution is 2.46. The molecule has 4 rings (SSSR count). The van der Waals surface area contributed by atoms with Crippen LogP contribution in [-0.4, -0.2) is 43.9 Å². The van der Waals surface area contributed by atoms with E-state index in [1.54, 1.807) is 19.4 Å². The number of aromatic nitrogens is 2. The number of hydrogen-bond acceptors (Lipinski definition) is 5. The number of phenolic OH excluding ortho intramolecular Hbond substituents is 1. The highest BCUT2D eigenvalue weighted by Gasteiger charge is 2.49. The number of rotatable bonds is 6. The number of aromatic hydroxyl groups is 1. The standard InChI is InChI=1S/C22H29N3O3/c1-4-5-16-10-15(11-19(28-3)20(16)26)14-25-17-6-7-18(25)13-22(27,12-17)21-23-8-9-24(21)2/h4,8-11,17-18,26-27H,1,5-7,12-14H2,2-3H3/t17-,18-/m1/s1. The maximum Gasteiger partial charge on any atom is 0.161 e. The third-order valence-corrected chi connectivity index (χ3v) is 6.32. The van der Waals surface area contributed by atoms with Gasteiger partial charge in [0.15, 0.2) is 11.5 Å². The van der Waals surface area contributed by atoms with Crippen LogP contribution in [0.3, 0.4) is 0 Å². The number of piperidine rings is 1. The van der Waals surface area contributed by atoms with Crippen LogP contribution in [0.2, 0.25) is 0 Å². The van der Waals surface area contributed by atoms with Gasteiger partial charge in [0, 0.05) is 43.6 Å². The topological polar surface area (TPSA) is 70.8 Å². The number of imidazole rings is 1. The first-order valence-electron chi connectivity index (χ1n) is 9.90. The molecule has 150 valence electrons. The van der Waals surface area contributed by atoms with Crippen molar-refractivity contribution in [3.63, 3.8) is 0 Å². The van der Waals surface area contributed by atoms with E-state index in [9.17, 15) is 10.2 Å². The molecule has 2 atom stereocenters. The molecule has 2 bridgehead atoms. The molecule has 2 aromatic rings. The lowest BCUT2D eigenvalue weighted by Gasteiger charge is -2.43. The smallest absolute Gasteiger partial charge is 0.161 e. The molecule has 2 aliphatic rings. The monoisotopic (exact) mass is 383 g/mol. The van der Waals surface area contributed by atoms with Crippen LogP contribution in [0.4, 0.5) is 0 Å². The van der Waals surface area contributed by atoms with E-state index in [1.165, 1.54) is 0 Å². The Morgan fingerprint density at radius 2 is 2.04 bits per heavy atom. The SMILES string of the molecule is C=CCc1cc(CN2[C@@H]3CC[C@@H]2CC(O)(c2nccn2C)C3)cc(OC)c1O. The fourth-order valence-corrected chi connectivity index (χ4v) is 5.07. The fraction of sp³-hybridized carbons (Fsp3) is 0.500. The summed E-state index contributed by atoms with van der Waals surface area (Å²) in [5, 5.41) is 21.7. The Kier molecular flexibility index (Phi) is 4.93. The van der Waals surface area contributed by atoms with Crippen molar-refractivity contribution < 1.29 is 14.9 Å². The number of allylic oxidation sites excluding steroid dienone is 1. The number of nitrogens with zero attached hydrogens (tertiary/aromatic N) is 3. The molecule has 1 aromatic heterocycles. The van der Waals surface area contributed by atoms with Gasteiger partial charge in [0.25, 0.3) is 0 Å². The second kappa shape index (κ2) is 7.26. The molecule has 0 saturated carbocycles. The van der Waals surface area contributed by atoms with Crippen molar-refractivity contribution >= 4 is 0 Å². The van der Waals surface area contributed by atoms with Crippen molar-refractivity contribution in [2.45, 2.75) is 56.3 Å². The van der Waals surface area contributed by atoms with Crippen molar-refractivity contribution in [1.82, 2.24) is 14.5 Å². The van der Waals surface area contributed by atoms with E-state index in [1.807, 2.05) is 29.9 Å². The van der Waals surface area contributed by atoms with Crippen LogP contribution in [0.25, 0.3) is 0 Å². The van der Waals surface area contributed by atoms with Crippen LogP contribution in [0.15, 0.2) is 37.2 Å². The highest BCUT2D eigenvalue weighted by atomic mass is 16.5. The summed E-state index contributed by atoms with van der Waals surface area (Å²) < 4.78 is 7.30. The zero-order valence-corrected chi connectivity index (χ0v) is 16.6. The van der Waals surface area contributed by atoms with Gasteiger partial charge in [0.05, 0.1) is 7.11 Å². The van der Waals surface area contributed by atoms with Gasteiger partial charge in [-0.25, -0.2) is 4.98 Å². The summed E-state index contributed by atoms with van der Waals surface area (Å²) in [4.78, 5) is 6.92. The number of hydrogen-bond donors (Lipinski definition) is 2. The molecular weight excluding hydrogens is 354 g/mol. The van der Waals surface area contributed by atoms with Crippen LogP contribution in [0.1, 0.15) is 42.6 Å². The number of fused-ring (bicyclic) bond motifs is 2. The lowest BCUT2D eigenvalue weighted by atomic mass is 9.85. The molecular formula is C22H29N3O3. The van der Waals surface area contributed by atoms with Crippen molar-refractivity contribution in [3.05, 3.63) is 54.1 Å². The quantitative estimate of drug-likeness (QED) is 0.751. The Hall–Kier alpha value is -2.31. The van der Waals surface area contributed by atoms with E-state index in [-0.39, 0.29) is 5.75 Å². The molecule has 0 aliphatic carbocycles. The van der Waals surface area contributed by atoms with Crippen LogP contribution in [-0.2, 0) is 25.6 Å². The largest absolute Gasteiger partial charge is 0.504 e. The first-order valence-corrected chi connectivity index (χ1v) is 9.90. The Morgan fingerprint density at radius 3 is 2.61 bits per heavy atom. The minimum absolute atomic E-state index is 0.192. The maximum absolute atomic E-state index is 11.3. The second-order valence-electron chi connectivity index (χ2n) is 8.16. The van der Waals surface area contributed by atoms with Gasteiger partial charge < -0.3 is 19.5 Å². The summed E-state index contributed by atoms with van der Waals surface area (Å²) in [5.41, 5.74) is 1.09. The van der Waals surface area contributed by atoms with Gasteiger partial charge in [0.2, 0.25) is 0 Å². The van der Waals surface area contributed by atoms with E-state index >= 15 is 0 Å². The first-order chi connectivity index (χ1) is 13.4. The summed E-state index contributed by atoms with van der Waals surface area (Å²) in [5.74, 6) is 1.46. The van der Waals surface area contributed by atoms with E-state index < -0.39 is 5.60 Å². The van der Waals surface area contributed by atoms with Crippen molar-refractivity contribution in [1.29, 1.82) is 0 Å². The van der Waals surface area contributed by atoms with E-state index in [0.717, 1.165) is 36.3 Å². The van der Waals surface area contributed by atoms with Gasteiger partial charge in [0.1, 0.15) is 11.4 Å². The average Bonchev–Trinajstić information content (AvgIpc) is 3.20. The number of benzene rings is 1. The van der Waals surface area contributed by atoms with E-state index in [4.69, 9.17) is 4.74 Å². The average molecular weight is 383 g/mol. The third kappa shape index (κ3) is 3.20. The number of methoxy groups -OCH3 is 1. The zero-order chi connectivity index (χ0) is 19.9. The Bertz CT molecular complexity index is 862. The van der Waals surface area contributed by atoms with Crippen LogP contribution in [0, 0.1) is 0 Å². The highest BCUT2D eigenvalue weighted by molar-refractivity contribution is 5.49. The third-order valence-electron chi connectivity index (χ3n) is 6.32. The molecule has 3 heterocycles. The van der Waals surface area contributed by atoms with Crippen molar-refractivity contribution in [3.8, 4) is 11.5 Å². The lowest BCUT2D eigenvalue weighted by Crippen LogP contribution is -2.50. The number of aryl methyl sites for hydroxylation is 1. The molecule has 1 aromatic carbocycles. The summed E-state index contributed by atoms with van der Waals surface area (Å²) in [6, 6.07) is 4.60. The second-order valence-corrected chi connectivity index (χ2v) is 8.16. The van der Waals surface area contributed by atoms with Crippen LogP contribution < -0.4 is 4.74 Å². The van der Waals surface area contributed by atoms with Gasteiger partial charge in [-0.1, -0.05) is 12.1 Å². The molecule has 2 aliphatic heterocycles. The van der Waals surface area contributed by atoms with E-state index in [2.05, 4.69) is 16.5 Å². The van der Waals surface area contributed by atoms with Gasteiger partial charge in [-0.3, -0.25) is 4.90 Å².